The van der Waals surface area contributed by atoms with Crippen LogP contribution in [0, 0.1) is 6.92 Å². The zero-order chi connectivity index (χ0) is 14.5. The maximum Gasteiger partial charge on any atom is 0.265 e. The molecular weight excluding hydrogens is 338 g/mol. The molecule has 0 saturated carbocycles. The molecule has 1 aromatic carbocycles. The van der Waals surface area contributed by atoms with Crippen LogP contribution in [0.1, 0.15) is 28.6 Å². The summed E-state index contributed by atoms with van der Waals surface area (Å²) in [5.74, 6) is 0.589. The van der Waals surface area contributed by atoms with Crippen LogP contribution < -0.4 is 10.1 Å². The van der Waals surface area contributed by atoms with E-state index < -0.39 is 0 Å². The van der Waals surface area contributed by atoms with Crippen LogP contribution >= 0.6 is 27.3 Å². The summed E-state index contributed by atoms with van der Waals surface area (Å²) in [6.07, 6.45) is 0.930. The van der Waals surface area contributed by atoms with Crippen molar-refractivity contribution in [1.29, 1.82) is 0 Å². The van der Waals surface area contributed by atoms with Crippen molar-refractivity contribution < 1.29 is 9.53 Å². The van der Waals surface area contributed by atoms with Gasteiger partial charge < -0.3 is 10.1 Å². The maximum absolute atomic E-state index is 12.2. The lowest BCUT2D eigenvalue weighted by molar-refractivity contribution is 0.103. The quantitative estimate of drug-likeness (QED) is 0.833. The first-order valence-electron chi connectivity index (χ1n) is 6.41. The molecule has 2 aromatic rings. The summed E-state index contributed by atoms with van der Waals surface area (Å²) in [6, 6.07) is 9.36. The highest BCUT2D eigenvalue weighted by Gasteiger charge is 2.13. The highest BCUT2D eigenvalue weighted by molar-refractivity contribution is 9.11. The number of carbonyl (C=O) groups excluding carboxylic acids is 1. The fourth-order valence-corrected chi connectivity index (χ4v) is 3.09. The van der Waals surface area contributed by atoms with Gasteiger partial charge in [0.25, 0.3) is 5.91 Å². The Bertz CT molecular complexity index is 590. The molecule has 0 unspecified atom stereocenters. The lowest BCUT2D eigenvalue weighted by Gasteiger charge is -2.11. The number of halogens is 1. The van der Waals surface area contributed by atoms with E-state index in [0.29, 0.717) is 22.9 Å². The van der Waals surface area contributed by atoms with Gasteiger partial charge in [0.2, 0.25) is 0 Å². The van der Waals surface area contributed by atoms with Gasteiger partial charge in [0.15, 0.2) is 0 Å². The predicted molar refractivity (Wildman–Crippen MR) is 86.9 cm³/mol. The van der Waals surface area contributed by atoms with Crippen LogP contribution in [0.2, 0.25) is 0 Å². The van der Waals surface area contributed by atoms with Gasteiger partial charge in [-0.3, -0.25) is 4.79 Å². The van der Waals surface area contributed by atoms with Gasteiger partial charge in [-0.05, 0) is 53.0 Å². The molecule has 0 fully saturated rings. The molecule has 1 N–H and O–H groups in total. The van der Waals surface area contributed by atoms with Gasteiger partial charge in [-0.2, -0.15) is 0 Å². The topological polar surface area (TPSA) is 38.3 Å². The molecule has 1 aromatic heterocycles. The minimum Gasteiger partial charge on any atom is -0.491 e. The first-order valence-corrected chi connectivity index (χ1v) is 8.02. The van der Waals surface area contributed by atoms with Crippen LogP contribution in [0.5, 0.6) is 5.75 Å². The smallest absolute Gasteiger partial charge is 0.265 e. The normalized spacial score (nSPS) is 10.3. The van der Waals surface area contributed by atoms with Gasteiger partial charge in [-0.1, -0.05) is 19.1 Å². The summed E-state index contributed by atoms with van der Waals surface area (Å²) in [5, 5.41) is 2.90. The molecule has 0 radical (unpaired) electrons. The van der Waals surface area contributed by atoms with E-state index in [1.807, 2.05) is 44.2 Å². The van der Waals surface area contributed by atoms with Gasteiger partial charge >= 0.3 is 0 Å². The number of nitrogens with one attached hydrogen (secondary N) is 1. The van der Waals surface area contributed by atoms with E-state index in [9.17, 15) is 4.79 Å². The number of amides is 1. The zero-order valence-corrected chi connectivity index (χ0v) is 13.8. The van der Waals surface area contributed by atoms with Crippen LogP contribution in [0.15, 0.2) is 34.1 Å². The van der Waals surface area contributed by atoms with Crippen molar-refractivity contribution in [3.05, 3.63) is 44.6 Å². The molecule has 0 atom stereocenters. The lowest BCUT2D eigenvalue weighted by Crippen LogP contribution is -2.11. The number of thiophene rings is 1. The fraction of sp³-hybridized carbons (Fsp3) is 0.267. The summed E-state index contributed by atoms with van der Waals surface area (Å²) in [7, 11) is 0. The highest BCUT2D eigenvalue weighted by Crippen LogP contribution is 2.29. The largest absolute Gasteiger partial charge is 0.491 e. The van der Waals surface area contributed by atoms with E-state index >= 15 is 0 Å². The fourth-order valence-electron chi connectivity index (χ4n) is 1.66. The van der Waals surface area contributed by atoms with Gasteiger partial charge in [-0.15, -0.1) is 11.3 Å². The van der Waals surface area contributed by atoms with Crippen LogP contribution in [0.3, 0.4) is 0 Å². The Labute approximate surface area is 131 Å². The van der Waals surface area contributed by atoms with E-state index in [1.54, 1.807) is 0 Å². The van der Waals surface area contributed by atoms with Gasteiger partial charge in [0.1, 0.15) is 5.75 Å². The minimum absolute atomic E-state index is 0.114. The molecule has 1 heterocycles. The second kappa shape index (κ2) is 6.90. The standard InChI is InChI=1S/C15H16BrNO2S/c1-3-8-19-12-7-5-4-6-11(12)17-15(18)13-9-10(2)14(16)20-13/h4-7,9H,3,8H2,1-2H3,(H,17,18). The summed E-state index contributed by atoms with van der Waals surface area (Å²) in [6.45, 7) is 4.65. The number of para-hydroxylation sites is 2. The number of ether oxygens (including phenoxy) is 1. The van der Waals surface area contributed by atoms with Crippen molar-refractivity contribution in [1.82, 2.24) is 0 Å². The highest BCUT2D eigenvalue weighted by atomic mass is 79.9. The molecule has 0 spiro atoms. The third-order valence-electron chi connectivity index (χ3n) is 2.68. The van der Waals surface area contributed by atoms with Gasteiger partial charge in [0, 0.05) is 0 Å². The Kier molecular flexibility index (Phi) is 5.20. The number of hydrogen-bond donors (Lipinski definition) is 1. The molecular formula is C15H16BrNO2S. The Hall–Kier alpha value is -1.33. The zero-order valence-electron chi connectivity index (χ0n) is 11.4. The van der Waals surface area contributed by atoms with Crippen molar-refractivity contribution in [3.8, 4) is 5.75 Å². The lowest BCUT2D eigenvalue weighted by atomic mass is 10.2. The van der Waals surface area contributed by atoms with Crippen LogP contribution in [0.25, 0.3) is 0 Å². The van der Waals surface area contributed by atoms with Crippen LogP contribution in [0.4, 0.5) is 5.69 Å². The molecule has 1 amide bonds. The maximum atomic E-state index is 12.2. The van der Waals surface area contributed by atoms with Crippen molar-refractivity contribution in [3.63, 3.8) is 0 Å². The summed E-state index contributed by atoms with van der Waals surface area (Å²) in [4.78, 5) is 12.9. The van der Waals surface area contributed by atoms with E-state index in [2.05, 4.69) is 21.2 Å². The van der Waals surface area contributed by atoms with E-state index in [4.69, 9.17) is 4.74 Å². The monoisotopic (exact) mass is 353 g/mol. The molecule has 2 rings (SSSR count). The molecule has 0 saturated heterocycles. The first kappa shape index (κ1) is 15.1. The summed E-state index contributed by atoms with van der Waals surface area (Å²) in [5.41, 5.74) is 1.77. The van der Waals surface area contributed by atoms with Gasteiger partial charge in [0.05, 0.1) is 21.0 Å². The number of hydrogen-bond acceptors (Lipinski definition) is 3. The SMILES string of the molecule is CCCOc1ccccc1NC(=O)c1cc(C)c(Br)s1. The van der Waals surface area contributed by atoms with Crippen molar-refractivity contribution in [2.45, 2.75) is 20.3 Å². The predicted octanol–water partition coefficient (Wildman–Crippen LogP) is 4.86. The van der Waals surface area contributed by atoms with Gasteiger partial charge in [-0.25, -0.2) is 0 Å². The van der Waals surface area contributed by atoms with E-state index in [-0.39, 0.29) is 5.91 Å². The molecule has 0 aliphatic carbocycles. The molecule has 0 aliphatic heterocycles. The Balaban J connectivity index is 2.15. The minimum atomic E-state index is -0.114. The number of aryl methyl sites for hydroxylation is 1. The average Bonchev–Trinajstić information content (AvgIpc) is 2.78. The third-order valence-corrected chi connectivity index (χ3v) is 4.81. The molecule has 5 heteroatoms. The third kappa shape index (κ3) is 3.61. The average molecular weight is 354 g/mol. The number of carbonyl (C=O) groups is 1. The number of benzene rings is 1. The summed E-state index contributed by atoms with van der Waals surface area (Å²) < 4.78 is 6.62. The number of rotatable bonds is 5. The molecule has 20 heavy (non-hydrogen) atoms. The second-order valence-electron chi connectivity index (χ2n) is 4.37. The van der Waals surface area contributed by atoms with Crippen molar-refractivity contribution >= 4 is 38.9 Å². The number of anilines is 1. The summed E-state index contributed by atoms with van der Waals surface area (Å²) >= 11 is 4.86. The van der Waals surface area contributed by atoms with E-state index in [1.165, 1.54) is 11.3 Å². The Morgan fingerprint density at radius 1 is 1.40 bits per heavy atom. The Morgan fingerprint density at radius 2 is 2.15 bits per heavy atom. The Morgan fingerprint density at radius 3 is 2.80 bits per heavy atom. The van der Waals surface area contributed by atoms with E-state index in [0.717, 1.165) is 15.8 Å². The molecule has 0 bridgehead atoms. The molecule has 3 nitrogen and oxygen atoms in total. The van der Waals surface area contributed by atoms with Crippen molar-refractivity contribution in [2.75, 3.05) is 11.9 Å². The first-order chi connectivity index (χ1) is 9.61. The van der Waals surface area contributed by atoms with Crippen molar-refractivity contribution in [2.24, 2.45) is 0 Å². The van der Waals surface area contributed by atoms with Crippen LogP contribution in [-0.2, 0) is 0 Å². The molecule has 0 aliphatic rings. The molecule has 106 valence electrons. The van der Waals surface area contributed by atoms with Crippen LogP contribution in [-0.4, -0.2) is 12.5 Å². The second-order valence-corrected chi connectivity index (χ2v) is 6.74.